The van der Waals surface area contributed by atoms with Gasteiger partial charge in [0.1, 0.15) is 0 Å². The number of rotatable bonds is 2. The SMILES string of the molecule is FC(F)(F)c1ccc(Cl)c(NC(=S)Nc2ccc3c(c2)OCO3)c1. The van der Waals surface area contributed by atoms with Crippen LogP contribution in [0.25, 0.3) is 0 Å². The van der Waals surface area contributed by atoms with Crippen LogP contribution in [0.1, 0.15) is 5.56 Å². The third kappa shape index (κ3) is 3.65. The minimum Gasteiger partial charge on any atom is -0.454 e. The van der Waals surface area contributed by atoms with Gasteiger partial charge in [-0.25, -0.2) is 0 Å². The Balaban J connectivity index is 1.73. The van der Waals surface area contributed by atoms with E-state index in [0.29, 0.717) is 17.2 Å². The first-order valence-corrected chi connectivity index (χ1v) is 7.46. The van der Waals surface area contributed by atoms with Crippen LogP contribution in [0, 0.1) is 0 Å². The number of hydrogen-bond acceptors (Lipinski definition) is 3. The standard InChI is InChI=1S/C15H10ClF3N2O2S/c16-10-3-1-8(15(17,18)19)5-11(10)21-14(24)20-9-2-4-12-13(6-9)23-7-22-12/h1-6H,7H2,(H2,20,21,24). The van der Waals surface area contributed by atoms with Crippen molar-refractivity contribution < 1.29 is 22.6 Å². The number of fused-ring (bicyclic) bond motifs is 1. The monoisotopic (exact) mass is 374 g/mol. The molecule has 126 valence electrons. The number of benzene rings is 2. The average molecular weight is 375 g/mol. The first-order chi connectivity index (χ1) is 11.3. The van der Waals surface area contributed by atoms with Gasteiger partial charge in [0, 0.05) is 11.8 Å². The van der Waals surface area contributed by atoms with E-state index in [2.05, 4.69) is 10.6 Å². The fourth-order valence-electron chi connectivity index (χ4n) is 2.06. The van der Waals surface area contributed by atoms with Crippen molar-refractivity contribution in [1.29, 1.82) is 0 Å². The Bertz CT molecular complexity index is 799. The van der Waals surface area contributed by atoms with E-state index in [1.807, 2.05) is 0 Å². The van der Waals surface area contributed by atoms with Gasteiger partial charge in [-0.3, -0.25) is 0 Å². The molecule has 0 radical (unpaired) electrons. The summed E-state index contributed by atoms with van der Waals surface area (Å²) in [5.41, 5.74) is -0.162. The van der Waals surface area contributed by atoms with E-state index >= 15 is 0 Å². The van der Waals surface area contributed by atoms with Crippen molar-refractivity contribution in [3.63, 3.8) is 0 Å². The molecule has 1 aliphatic heterocycles. The molecule has 24 heavy (non-hydrogen) atoms. The highest BCUT2D eigenvalue weighted by Gasteiger charge is 2.31. The Hall–Kier alpha value is -2.19. The summed E-state index contributed by atoms with van der Waals surface area (Å²) < 4.78 is 48.7. The Labute approximate surface area is 145 Å². The van der Waals surface area contributed by atoms with Crippen molar-refractivity contribution in [1.82, 2.24) is 0 Å². The van der Waals surface area contributed by atoms with Gasteiger partial charge >= 0.3 is 6.18 Å². The highest BCUT2D eigenvalue weighted by Crippen LogP contribution is 2.35. The second-order valence-corrected chi connectivity index (χ2v) is 5.65. The molecule has 0 aromatic heterocycles. The lowest BCUT2D eigenvalue weighted by molar-refractivity contribution is -0.137. The normalized spacial score (nSPS) is 12.8. The minimum atomic E-state index is -4.46. The minimum absolute atomic E-state index is 0.0599. The van der Waals surface area contributed by atoms with Gasteiger partial charge < -0.3 is 20.1 Å². The van der Waals surface area contributed by atoms with E-state index in [0.717, 1.165) is 18.2 Å². The van der Waals surface area contributed by atoms with Gasteiger partial charge in [0.05, 0.1) is 16.3 Å². The number of ether oxygens (including phenoxy) is 2. The summed E-state index contributed by atoms with van der Waals surface area (Å²) >= 11 is 11.0. The molecule has 0 unspecified atom stereocenters. The van der Waals surface area contributed by atoms with E-state index < -0.39 is 11.7 Å². The molecule has 0 fully saturated rings. The fraction of sp³-hybridized carbons (Fsp3) is 0.133. The zero-order chi connectivity index (χ0) is 17.3. The predicted molar refractivity (Wildman–Crippen MR) is 88.9 cm³/mol. The molecule has 2 N–H and O–H groups in total. The van der Waals surface area contributed by atoms with E-state index in [-0.39, 0.29) is 22.6 Å². The van der Waals surface area contributed by atoms with Crippen molar-refractivity contribution in [2.24, 2.45) is 0 Å². The first kappa shape index (κ1) is 16.7. The Morgan fingerprint density at radius 3 is 2.54 bits per heavy atom. The molecule has 0 amide bonds. The van der Waals surface area contributed by atoms with E-state index in [1.54, 1.807) is 18.2 Å². The highest BCUT2D eigenvalue weighted by atomic mass is 35.5. The summed E-state index contributed by atoms with van der Waals surface area (Å²) in [7, 11) is 0. The van der Waals surface area contributed by atoms with E-state index in [1.165, 1.54) is 0 Å². The van der Waals surface area contributed by atoms with Gasteiger partial charge in [-0.05, 0) is 42.5 Å². The van der Waals surface area contributed by atoms with Gasteiger partial charge in [-0.1, -0.05) is 11.6 Å². The van der Waals surface area contributed by atoms with Crippen molar-refractivity contribution in [3.05, 3.63) is 47.0 Å². The van der Waals surface area contributed by atoms with Crippen LogP contribution in [-0.4, -0.2) is 11.9 Å². The maximum absolute atomic E-state index is 12.8. The molecule has 0 spiro atoms. The lowest BCUT2D eigenvalue weighted by Gasteiger charge is -2.14. The van der Waals surface area contributed by atoms with Crippen molar-refractivity contribution in [2.45, 2.75) is 6.18 Å². The number of anilines is 2. The quantitative estimate of drug-likeness (QED) is 0.732. The van der Waals surface area contributed by atoms with Crippen LogP contribution in [0.15, 0.2) is 36.4 Å². The second kappa shape index (κ2) is 6.37. The average Bonchev–Trinajstić information content (AvgIpc) is 2.96. The lowest BCUT2D eigenvalue weighted by atomic mass is 10.2. The molecule has 0 bridgehead atoms. The van der Waals surface area contributed by atoms with Gasteiger partial charge in [0.15, 0.2) is 16.6 Å². The number of hydrogen-bond donors (Lipinski definition) is 2. The second-order valence-electron chi connectivity index (χ2n) is 4.84. The molecule has 0 aliphatic carbocycles. The third-order valence-corrected chi connectivity index (χ3v) is 3.71. The maximum atomic E-state index is 12.8. The van der Waals surface area contributed by atoms with Crippen molar-refractivity contribution in [3.8, 4) is 11.5 Å². The molecule has 0 saturated heterocycles. The van der Waals surface area contributed by atoms with E-state index in [9.17, 15) is 13.2 Å². The number of halogens is 4. The number of alkyl halides is 3. The smallest absolute Gasteiger partial charge is 0.416 e. The van der Waals surface area contributed by atoms with Crippen LogP contribution in [0.2, 0.25) is 5.02 Å². The Morgan fingerprint density at radius 1 is 1.04 bits per heavy atom. The molecular formula is C15H10ClF3N2O2S. The van der Waals surface area contributed by atoms with Crippen molar-refractivity contribution >= 4 is 40.3 Å². The zero-order valence-corrected chi connectivity index (χ0v) is 13.5. The van der Waals surface area contributed by atoms with Crippen LogP contribution >= 0.6 is 23.8 Å². The number of nitrogens with one attached hydrogen (secondary N) is 2. The van der Waals surface area contributed by atoms with Gasteiger partial charge in [-0.15, -0.1) is 0 Å². The maximum Gasteiger partial charge on any atom is 0.416 e. The largest absolute Gasteiger partial charge is 0.454 e. The molecule has 2 aromatic carbocycles. The zero-order valence-electron chi connectivity index (χ0n) is 11.9. The van der Waals surface area contributed by atoms with Gasteiger partial charge in [0.25, 0.3) is 0 Å². The summed E-state index contributed by atoms with van der Waals surface area (Å²) in [5, 5.41) is 5.72. The molecule has 0 saturated carbocycles. The molecular weight excluding hydrogens is 365 g/mol. The predicted octanol–water partition coefficient (Wildman–Crippen LogP) is 4.90. The molecule has 3 rings (SSSR count). The molecule has 2 aromatic rings. The number of thiocarbonyl (C=S) groups is 1. The summed E-state index contributed by atoms with van der Waals surface area (Å²) in [6.07, 6.45) is -4.46. The summed E-state index contributed by atoms with van der Waals surface area (Å²) in [4.78, 5) is 0. The molecule has 9 heteroatoms. The molecule has 0 atom stereocenters. The third-order valence-electron chi connectivity index (χ3n) is 3.17. The fourth-order valence-corrected chi connectivity index (χ4v) is 2.45. The highest BCUT2D eigenvalue weighted by molar-refractivity contribution is 7.80. The molecule has 4 nitrogen and oxygen atoms in total. The van der Waals surface area contributed by atoms with Crippen LogP contribution in [0.4, 0.5) is 24.5 Å². The van der Waals surface area contributed by atoms with Crippen molar-refractivity contribution in [2.75, 3.05) is 17.4 Å². The molecule has 1 aliphatic rings. The van der Waals surface area contributed by atoms with Crippen LogP contribution in [-0.2, 0) is 6.18 Å². The Kier molecular flexibility index (Phi) is 4.42. The molecule has 1 heterocycles. The summed E-state index contributed by atoms with van der Waals surface area (Å²) in [6, 6.07) is 8.04. The van der Waals surface area contributed by atoms with Gasteiger partial charge in [0.2, 0.25) is 6.79 Å². The summed E-state index contributed by atoms with van der Waals surface area (Å²) in [6.45, 7) is 0.140. The van der Waals surface area contributed by atoms with Crippen LogP contribution in [0.3, 0.4) is 0 Å². The Morgan fingerprint density at radius 2 is 1.79 bits per heavy atom. The topological polar surface area (TPSA) is 42.5 Å². The van der Waals surface area contributed by atoms with E-state index in [4.69, 9.17) is 33.3 Å². The van der Waals surface area contributed by atoms with Crippen LogP contribution < -0.4 is 20.1 Å². The van der Waals surface area contributed by atoms with Gasteiger partial charge in [-0.2, -0.15) is 13.2 Å². The lowest BCUT2D eigenvalue weighted by Crippen LogP contribution is -2.19. The van der Waals surface area contributed by atoms with Crippen LogP contribution in [0.5, 0.6) is 11.5 Å². The first-order valence-electron chi connectivity index (χ1n) is 6.67. The summed E-state index contributed by atoms with van der Waals surface area (Å²) in [5.74, 6) is 1.17.